The average Bonchev–Trinajstić information content (AvgIpc) is 1.68. The highest BCUT2D eigenvalue weighted by Gasteiger charge is 1.92. The third-order valence-electron chi connectivity index (χ3n) is 0.604. The van der Waals surface area contributed by atoms with Gasteiger partial charge in [-0.25, -0.2) is 0 Å². The van der Waals surface area contributed by atoms with Gasteiger partial charge in [0, 0.05) is 6.42 Å². The van der Waals surface area contributed by atoms with E-state index in [1.807, 2.05) is 6.92 Å². The first-order valence-electron chi connectivity index (χ1n) is 2.52. The van der Waals surface area contributed by atoms with Gasteiger partial charge in [-0.05, 0) is 19.1 Å². The second kappa shape index (κ2) is 4.97. The van der Waals surface area contributed by atoms with E-state index in [2.05, 4.69) is 12.2 Å². The highest BCUT2D eigenvalue weighted by Crippen LogP contribution is 1.89. The third kappa shape index (κ3) is 3.99. The molecule has 0 fully saturated rings. The summed E-state index contributed by atoms with van der Waals surface area (Å²) in [5, 5.41) is 0.370. The maximum Gasteiger partial charge on any atom is 0.162 e. The lowest BCUT2D eigenvalue weighted by molar-refractivity contribution is 0.321. The lowest BCUT2D eigenvalue weighted by atomic mass is 10.5. The SMILES string of the molecule is CCOC(=S)CCF. The van der Waals surface area contributed by atoms with E-state index < -0.39 is 6.67 Å². The minimum absolute atomic E-state index is 0.253. The van der Waals surface area contributed by atoms with E-state index in [1.54, 1.807) is 0 Å². The van der Waals surface area contributed by atoms with Crippen LogP contribution in [0.15, 0.2) is 0 Å². The van der Waals surface area contributed by atoms with Gasteiger partial charge in [-0.3, -0.25) is 4.39 Å². The van der Waals surface area contributed by atoms with Gasteiger partial charge in [0.1, 0.15) is 0 Å². The molecular weight excluding hydrogens is 127 g/mol. The molecule has 0 aliphatic rings. The van der Waals surface area contributed by atoms with Crippen molar-refractivity contribution in [3.05, 3.63) is 0 Å². The largest absolute Gasteiger partial charge is 0.487 e. The molecule has 0 aromatic heterocycles. The van der Waals surface area contributed by atoms with E-state index in [4.69, 9.17) is 4.74 Å². The molecular formula is C5H9FOS. The van der Waals surface area contributed by atoms with Crippen LogP contribution in [-0.2, 0) is 4.74 Å². The van der Waals surface area contributed by atoms with Crippen LogP contribution in [-0.4, -0.2) is 18.3 Å². The Morgan fingerprint density at radius 1 is 1.75 bits per heavy atom. The standard InChI is InChI=1S/C5H9FOS/c1-2-7-5(8)3-4-6/h2-4H2,1H3. The number of halogens is 1. The smallest absolute Gasteiger partial charge is 0.162 e. The molecule has 0 rings (SSSR count). The van der Waals surface area contributed by atoms with Crippen LogP contribution in [0, 0.1) is 0 Å². The van der Waals surface area contributed by atoms with Gasteiger partial charge in [0.25, 0.3) is 0 Å². The summed E-state index contributed by atoms with van der Waals surface area (Å²) in [6.45, 7) is 1.95. The van der Waals surface area contributed by atoms with Crippen LogP contribution in [0.3, 0.4) is 0 Å². The first kappa shape index (κ1) is 7.82. The summed E-state index contributed by atoms with van der Waals surface area (Å²) in [6, 6.07) is 0. The molecule has 0 aromatic rings. The molecule has 0 heterocycles. The van der Waals surface area contributed by atoms with E-state index in [0.717, 1.165) is 0 Å². The Hall–Kier alpha value is -0.180. The number of alkyl halides is 1. The summed E-state index contributed by atoms with van der Waals surface area (Å²) < 4.78 is 16.2. The van der Waals surface area contributed by atoms with Gasteiger partial charge in [-0.15, -0.1) is 0 Å². The zero-order chi connectivity index (χ0) is 6.41. The molecule has 0 aliphatic carbocycles. The molecule has 0 aromatic carbocycles. The van der Waals surface area contributed by atoms with Gasteiger partial charge in [0.15, 0.2) is 5.05 Å². The maximum atomic E-state index is 11.4. The van der Waals surface area contributed by atoms with Crippen molar-refractivity contribution in [1.82, 2.24) is 0 Å². The van der Waals surface area contributed by atoms with Gasteiger partial charge in [-0.1, -0.05) is 0 Å². The van der Waals surface area contributed by atoms with Crippen molar-refractivity contribution < 1.29 is 9.13 Å². The van der Waals surface area contributed by atoms with Gasteiger partial charge in [0.2, 0.25) is 0 Å². The molecule has 0 bridgehead atoms. The number of hydrogen-bond acceptors (Lipinski definition) is 2. The Morgan fingerprint density at radius 2 is 2.38 bits per heavy atom. The van der Waals surface area contributed by atoms with Crippen molar-refractivity contribution in [1.29, 1.82) is 0 Å². The van der Waals surface area contributed by atoms with Crippen LogP contribution in [0.2, 0.25) is 0 Å². The molecule has 48 valence electrons. The van der Waals surface area contributed by atoms with E-state index in [-0.39, 0.29) is 6.42 Å². The molecule has 0 aliphatic heterocycles. The lowest BCUT2D eigenvalue weighted by Crippen LogP contribution is -2.01. The number of rotatable bonds is 3. The molecule has 8 heavy (non-hydrogen) atoms. The van der Waals surface area contributed by atoms with Crippen molar-refractivity contribution in [2.45, 2.75) is 13.3 Å². The van der Waals surface area contributed by atoms with E-state index in [1.165, 1.54) is 0 Å². The third-order valence-corrected chi connectivity index (χ3v) is 0.926. The first-order chi connectivity index (χ1) is 3.81. The first-order valence-corrected chi connectivity index (χ1v) is 2.93. The highest BCUT2D eigenvalue weighted by atomic mass is 32.1. The molecule has 0 spiro atoms. The molecule has 3 heteroatoms. The molecule has 0 saturated heterocycles. The van der Waals surface area contributed by atoms with Crippen molar-refractivity contribution in [2.24, 2.45) is 0 Å². The zero-order valence-corrected chi connectivity index (χ0v) is 5.63. The number of ether oxygens (including phenoxy) is 1. The van der Waals surface area contributed by atoms with Crippen LogP contribution in [0.25, 0.3) is 0 Å². The fourth-order valence-corrected chi connectivity index (χ4v) is 0.505. The second-order valence-electron chi connectivity index (χ2n) is 1.24. The summed E-state index contributed by atoms with van der Waals surface area (Å²) in [7, 11) is 0. The average molecular weight is 136 g/mol. The Morgan fingerprint density at radius 3 is 2.75 bits per heavy atom. The Labute approximate surface area is 53.8 Å². The number of hydrogen-bond donors (Lipinski definition) is 0. The van der Waals surface area contributed by atoms with Crippen molar-refractivity contribution in [3.8, 4) is 0 Å². The fraction of sp³-hybridized carbons (Fsp3) is 0.800. The van der Waals surface area contributed by atoms with Crippen LogP contribution in [0.1, 0.15) is 13.3 Å². The highest BCUT2D eigenvalue weighted by molar-refractivity contribution is 7.80. The molecule has 0 atom stereocenters. The summed E-state index contributed by atoms with van der Waals surface area (Å²) >= 11 is 4.59. The van der Waals surface area contributed by atoms with Crippen molar-refractivity contribution in [3.63, 3.8) is 0 Å². The molecule has 0 saturated carbocycles. The molecule has 0 unspecified atom stereocenters. The van der Waals surface area contributed by atoms with Crippen LogP contribution >= 0.6 is 12.2 Å². The van der Waals surface area contributed by atoms with Crippen molar-refractivity contribution >= 4 is 17.3 Å². The van der Waals surface area contributed by atoms with Gasteiger partial charge in [-0.2, -0.15) is 0 Å². The zero-order valence-electron chi connectivity index (χ0n) is 4.82. The normalized spacial score (nSPS) is 8.75. The van der Waals surface area contributed by atoms with Crippen LogP contribution in [0.5, 0.6) is 0 Å². The quantitative estimate of drug-likeness (QED) is 0.546. The predicted octanol–water partition coefficient (Wildman–Crippen LogP) is 1.71. The maximum absolute atomic E-state index is 11.4. The summed E-state index contributed by atoms with van der Waals surface area (Å²) in [6.07, 6.45) is 0.253. The molecule has 0 N–H and O–H groups in total. The van der Waals surface area contributed by atoms with E-state index in [0.29, 0.717) is 11.7 Å². The summed E-state index contributed by atoms with van der Waals surface area (Å²) in [5.74, 6) is 0. The Bertz CT molecular complexity index is 66.8. The van der Waals surface area contributed by atoms with Gasteiger partial charge >= 0.3 is 0 Å². The monoisotopic (exact) mass is 136 g/mol. The van der Waals surface area contributed by atoms with Crippen LogP contribution in [0.4, 0.5) is 4.39 Å². The minimum atomic E-state index is -0.418. The molecule has 0 radical (unpaired) electrons. The van der Waals surface area contributed by atoms with Crippen LogP contribution < -0.4 is 0 Å². The lowest BCUT2D eigenvalue weighted by Gasteiger charge is -1.99. The molecule has 0 amide bonds. The van der Waals surface area contributed by atoms with Crippen molar-refractivity contribution in [2.75, 3.05) is 13.3 Å². The summed E-state index contributed by atoms with van der Waals surface area (Å²) in [5.41, 5.74) is 0. The minimum Gasteiger partial charge on any atom is -0.487 e. The Balaban J connectivity index is 3.06. The van der Waals surface area contributed by atoms with E-state index in [9.17, 15) is 4.39 Å². The van der Waals surface area contributed by atoms with Gasteiger partial charge in [0.05, 0.1) is 13.3 Å². The number of thiocarbonyl (C=S) groups is 1. The Kier molecular flexibility index (Phi) is 4.85. The predicted molar refractivity (Wildman–Crippen MR) is 34.8 cm³/mol. The summed E-state index contributed by atoms with van der Waals surface area (Å²) in [4.78, 5) is 0. The van der Waals surface area contributed by atoms with Gasteiger partial charge < -0.3 is 4.74 Å². The second-order valence-corrected chi connectivity index (χ2v) is 1.70. The van der Waals surface area contributed by atoms with E-state index >= 15 is 0 Å². The molecule has 1 nitrogen and oxygen atoms in total. The fourth-order valence-electron chi connectivity index (χ4n) is 0.310. The topological polar surface area (TPSA) is 9.23 Å².